The van der Waals surface area contributed by atoms with Gasteiger partial charge >= 0.3 is 5.97 Å². The monoisotopic (exact) mass is 476 g/mol. The summed E-state index contributed by atoms with van der Waals surface area (Å²) in [5, 5.41) is 3.60. The Bertz CT molecular complexity index is 1560. The van der Waals surface area contributed by atoms with Gasteiger partial charge in [0.25, 0.3) is 0 Å². The normalized spacial score (nSPS) is 17.1. The first-order valence-corrected chi connectivity index (χ1v) is 12.1. The molecule has 1 N–H and O–H groups in total. The summed E-state index contributed by atoms with van der Waals surface area (Å²) in [6.45, 7) is 6.25. The Hall–Kier alpha value is -4.25. The summed E-state index contributed by atoms with van der Waals surface area (Å²) in [6.07, 6.45) is 0. The van der Waals surface area contributed by atoms with Crippen LogP contribution in [0.15, 0.2) is 72.8 Å². The number of aryl methyl sites for hydroxylation is 3. The zero-order chi connectivity index (χ0) is 25.2. The highest BCUT2D eigenvalue weighted by Gasteiger charge is 2.53. The van der Waals surface area contributed by atoms with E-state index in [1.54, 1.807) is 0 Å². The molecule has 2 aliphatic heterocycles. The molecular weight excluding hydrogens is 448 g/mol. The molecule has 5 nitrogen and oxygen atoms in total. The highest BCUT2D eigenvalue weighted by Crippen LogP contribution is 2.57. The minimum absolute atomic E-state index is 0.328. The summed E-state index contributed by atoms with van der Waals surface area (Å²) < 4.78 is 12.8. The lowest BCUT2D eigenvalue weighted by molar-refractivity contribution is 0.0224. The van der Waals surface area contributed by atoms with Crippen LogP contribution in [0.25, 0.3) is 0 Å². The number of anilines is 3. The molecule has 0 bridgehead atoms. The maximum absolute atomic E-state index is 13.2. The van der Waals surface area contributed by atoms with Crippen LogP contribution < -0.4 is 15.0 Å². The molecule has 2 heterocycles. The Morgan fingerprint density at radius 1 is 0.750 bits per heavy atom. The number of benzene rings is 4. The van der Waals surface area contributed by atoms with Gasteiger partial charge in [-0.2, -0.15) is 0 Å². The van der Waals surface area contributed by atoms with Crippen molar-refractivity contribution in [2.45, 2.75) is 26.4 Å². The number of rotatable bonds is 3. The van der Waals surface area contributed by atoms with Crippen LogP contribution in [0.1, 0.15) is 43.7 Å². The Labute approximate surface area is 211 Å². The molecule has 0 aliphatic carbocycles. The predicted octanol–water partition coefficient (Wildman–Crippen LogP) is 6.99. The summed E-state index contributed by atoms with van der Waals surface area (Å²) in [5.41, 5.74) is 8.36. The lowest BCUT2D eigenvalue weighted by atomic mass is 9.77. The SMILES string of the molecule is Cc1ccc(Nc2cc3c(cc2C)Oc2cc(N(C)C)ccc2C32OC(=O)c3ccccc32)c(C)c1. The number of fused-ring (bicyclic) bond motifs is 6. The van der Waals surface area contributed by atoms with E-state index in [0.717, 1.165) is 44.9 Å². The van der Waals surface area contributed by atoms with Gasteiger partial charge in [-0.25, -0.2) is 4.79 Å². The maximum atomic E-state index is 13.2. The van der Waals surface area contributed by atoms with Crippen molar-refractivity contribution in [2.75, 3.05) is 24.3 Å². The van der Waals surface area contributed by atoms with Crippen LogP contribution in [0.2, 0.25) is 0 Å². The van der Waals surface area contributed by atoms with E-state index in [-0.39, 0.29) is 5.97 Å². The van der Waals surface area contributed by atoms with Crippen molar-refractivity contribution in [3.05, 3.63) is 112 Å². The van der Waals surface area contributed by atoms with Gasteiger partial charge in [0.1, 0.15) is 11.5 Å². The second-order valence-electron chi connectivity index (χ2n) is 9.90. The average molecular weight is 477 g/mol. The number of nitrogens with one attached hydrogen (secondary N) is 1. The molecular formula is C31H28N2O3. The minimum Gasteiger partial charge on any atom is -0.456 e. The standard InChI is InChI=1S/C31H28N2O3/c1-18-10-13-26(19(2)14-18)32-27-17-25-28(15-20(27)3)35-29-16-21(33(4)5)11-12-24(29)31(25)23-9-7-6-8-22(23)30(34)36-31/h6-17,32H,1-5H3. The van der Waals surface area contributed by atoms with Crippen LogP contribution in [0.5, 0.6) is 11.5 Å². The molecule has 0 saturated heterocycles. The highest BCUT2D eigenvalue weighted by atomic mass is 16.6. The fourth-order valence-corrected chi connectivity index (χ4v) is 5.32. The topological polar surface area (TPSA) is 50.8 Å². The van der Waals surface area contributed by atoms with Crippen molar-refractivity contribution in [2.24, 2.45) is 0 Å². The van der Waals surface area contributed by atoms with E-state index < -0.39 is 5.60 Å². The number of nitrogens with zero attached hydrogens (tertiary/aromatic N) is 1. The molecule has 1 unspecified atom stereocenters. The third-order valence-corrected chi connectivity index (χ3v) is 7.21. The van der Waals surface area contributed by atoms with Crippen molar-refractivity contribution >= 4 is 23.0 Å². The van der Waals surface area contributed by atoms with Crippen LogP contribution in [0.4, 0.5) is 17.1 Å². The predicted molar refractivity (Wildman–Crippen MR) is 143 cm³/mol. The van der Waals surface area contributed by atoms with E-state index >= 15 is 0 Å². The van der Waals surface area contributed by atoms with E-state index in [4.69, 9.17) is 9.47 Å². The summed E-state index contributed by atoms with van der Waals surface area (Å²) in [4.78, 5) is 15.2. The zero-order valence-corrected chi connectivity index (χ0v) is 21.1. The van der Waals surface area contributed by atoms with Gasteiger partial charge in [0.15, 0.2) is 5.60 Å². The summed E-state index contributed by atoms with van der Waals surface area (Å²) in [6, 6.07) is 24.2. The molecule has 2 aliphatic rings. The first-order chi connectivity index (χ1) is 17.3. The van der Waals surface area contributed by atoms with Crippen molar-refractivity contribution < 1.29 is 14.3 Å². The Balaban J connectivity index is 1.59. The molecule has 1 spiro atoms. The fourth-order valence-electron chi connectivity index (χ4n) is 5.32. The molecule has 180 valence electrons. The molecule has 0 amide bonds. The Morgan fingerprint density at radius 2 is 1.50 bits per heavy atom. The van der Waals surface area contributed by atoms with Gasteiger partial charge in [0, 0.05) is 53.9 Å². The van der Waals surface area contributed by atoms with Gasteiger partial charge in [-0.3, -0.25) is 0 Å². The minimum atomic E-state index is -1.09. The van der Waals surface area contributed by atoms with E-state index in [9.17, 15) is 4.79 Å². The fraction of sp³-hybridized carbons (Fsp3) is 0.194. The van der Waals surface area contributed by atoms with Crippen LogP contribution in [-0.2, 0) is 10.3 Å². The van der Waals surface area contributed by atoms with Crippen LogP contribution in [-0.4, -0.2) is 20.1 Å². The van der Waals surface area contributed by atoms with Crippen LogP contribution in [0.3, 0.4) is 0 Å². The highest BCUT2D eigenvalue weighted by molar-refractivity contribution is 5.97. The van der Waals surface area contributed by atoms with Gasteiger partial charge in [-0.15, -0.1) is 0 Å². The first kappa shape index (κ1) is 22.2. The lowest BCUT2D eigenvalue weighted by Gasteiger charge is -2.37. The lowest BCUT2D eigenvalue weighted by Crippen LogP contribution is -2.33. The summed E-state index contributed by atoms with van der Waals surface area (Å²) >= 11 is 0. The van der Waals surface area contributed by atoms with E-state index in [1.165, 1.54) is 5.56 Å². The first-order valence-electron chi connectivity index (χ1n) is 12.1. The zero-order valence-electron chi connectivity index (χ0n) is 21.1. The van der Waals surface area contributed by atoms with Crippen molar-refractivity contribution in [3.63, 3.8) is 0 Å². The quantitative estimate of drug-likeness (QED) is 0.323. The molecule has 4 aromatic carbocycles. The van der Waals surface area contributed by atoms with Crippen molar-refractivity contribution in [1.82, 2.24) is 0 Å². The number of ether oxygens (including phenoxy) is 2. The van der Waals surface area contributed by atoms with Crippen LogP contribution in [0, 0.1) is 20.8 Å². The smallest absolute Gasteiger partial charge is 0.340 e. The molecule has 4 aromatic rings. The molecule has 6 rings (SSSR count). The Kier molecular flexibility index (Phi) is 4.87. The number of hydrogen-bond acceptors (Lipinski definition) is 5. The second kappa shape index (κ2) is 7.89. The second-order valence-corrected chi connectivity index (χ2v) is 9.90. The molecule has 0 aromatic heterocycles. The number of carbonyl (C=O) groups is 1. The Morgan fingerprint density at radius 3 is 2.28 bits per heavy atom. The van der Waals surface area contributed by atoms with Gasteiger partial charge in [0.2, 0.25) is 0 Å². The maximum Gasteiger partial charge on any atom is 0.340 e. The molecule has 36 heavy (non-hydrogen) atoms. The van der Waals surface area contributed by atoms with Crippen molar-refractivity contribution in [1.29, 1.82) is 0 Å². The molecule has 5 heteroatoms. The molecule has 0 saturated carbocycles. The molecule has 0 fully saturated rings. The third-order valence-electron chi connectivity index (χ3n) is 7.21. The number of hydrogen-bond donors (Lipinski definition) is 1. The number of carbonyl (C=O) groups excluding carboxylic acids is 1. The number of esters is 1. The summed E-state index contributed by atoms with van der Waals surface area (Å²) in [5.74, 6) is 1.05. The summed E-state index contributed by atoms with van der Waals surface area (Å²) in [7, 11) is 3.99. The molecule has 0 radical (unpaired) electrons. The van der Waals surface area contributed by atoms with Gasteiger partial charge in [0.05, 0.1) is 5.56 Å². The van der Waals surface area contributed by atoms with E-state index in [0.29, 0.717) is 17.1 Å². The third kappa shape index (κ3) is 3.19. The largest absolute Gasteiger partial charge is 0.456 e. The van der Waals surface area contributed by atoms with E-state index in [1.807, 2.05) is 67.5 Å². The van der Waals surface area contributed by atoms with Gasteiger partial charge < -0.3 is 19.7 Å². The van der Waals surface area contributed by atoms with E-state index in [2.05, 4.69) is 50.4 Å². The van der Waals surface area contributed by atoms with Crippen molar-refractivity contribution in [3.8, 4) is 11.5 Å². The van der Waals surface area contributed by atoms with Gasteiger partial charge in [-0.05, 0) is 68.3 Å². The average Bonchev–Trinajstić information content (AvgIpc) is 3.14. The van der Waals surface area contributed by atoms with Crippen LogP contribution >= 0.6 is 0 Å². The molecule has 1 atom stereocenters. The van der Waals surface area contributed by atoms with Gasteiger partial charge in [-0.1, -0.05) is 35.9 Å².